The maximum atomic E-state index is 10.3. The predicted molar refractivity (Wildman–Crippen MR) is 44.8 cm³/mol. The fourth-order valence-electron chi connectivity index (χ4n) is 1.63. The van der Waals surface area contributed by atoms with Gasteiger partial charge in [-0.3, -0.25) is 0 Å². The van der Waals surface area contributed by atoms with Gasteiger partial charge in [-0.05, 0) is 20.8 Å². The first-order valence-electron chi connectivity index (χ1n) is 4.33. The molecule has 0 unspecified atom stereocenters. The van der Waals surface area contributed by atoms with E-state index >= 15 is 0 Å². The van der Waals surface area contributed by atoms with Gasteiger partial charge in [-0.1, -0.05) is 0 Å². The van der Waals surface area contributed by atoms with Crippen molar-refractivity contribution in [2.24, 2.45) is 0 Å². The second-order valence-electron chi connectivity index (χ2n) is 3.71. The van der Waals surface area contributed by atoms with Crippen LogP contribution in [0.4, 0.5) is 0 Å². The molecule has 3 nitrogen and oxygen atoms in total. The molecule has 1 heterocycles. The van der Waals surface area contributed by atoms with Crippen LogP contribution in [0.5, 0.6) is 0 Å². The number of rotatable bonds is 2. The van der Waals surface area contributed by atoms with Crippen molar-refractivity contribution in [3.05, 3.63) is 0 Å². The average molecular weight is 172 g/mol. The molecule has 1 aliphatic heterocycles. The van der Waals surface area contributed by atoms with Gasteiger partial charge in [0.15, 0.2) is 5.79 Å². The van der Waals surface area contributed by atoms with E-state index in [2.05, 4.69) is 0 Å². The van der Waals surface area contributed by atoms with E-state index < -0.39 is 5.79 Å². The molecule has 0 aromatic heterocycles. The monoisotopic (exact) mass is 172 g/mol. The number of ether oxygens (including phenoxy) is 2. The first kappa shape index (κ1) is 9.68. The van der Waals surface area contributed by atoms with E-state index in [4.69, 9.17) is 9.47 Å². The summed E-state index contributed by atoms with van der Waals surface area (Å²) in [5, 5.41) is 0. The lowest BCUT2D eigenvalue weighted by Gasteiger charge is -2.39. The summed E-state index contributed by atoms with van der Waals surface area (Å²) in [6.07, 6.45) is 2.39. The van der Waals surface area contributed by atoms with E-state index in [1.807, 2.05) is 20.8 Å². The highest BCUT2D eigenvalue weighted by Crippen LogP contribution is 2.27. The van der Waals surface area contributed by atoms with Crippen LogP contribution in [-0.2, 0) is 14.3 Å². The number of aldehydes is 1. The summed E-state index contributed by atoms with van der Waals surface area (Å²) in [6.45, 7) is 5.75. The Kier molecular flexibility index (Phi) is 2.85. The van der Waals surface area contributed by atoms with E-state index in [1.54, 1.807) is 0 Å². The quantitative estimate of drug-likeness (QED) is 0.592. The van der Waals surface area contributed by atoms with Crippen LogP contribution < -0.4 is 0 Å². The SMILES string of the molecule is C[C@H]1C[C@@H](CC=O)OC(C)(C)O1. The van der Waals surface area contributed by atoms with Crippen molar-refractivity contribution >= 4 is 6.29 Å². The molecule has 0 aromatic rings. The standard InChI is InChI=1S/C9H16O3/c1-7-6-8(4-5-10)12-9(2,3)11-7/h5,7-8H,4,6H2,1-3H3/t7-,8+/m0/s1. The molecule has 0 bridgehead atoms. The van der Waals surface area contributed by atoms with Gasteiger partial charge in [-0.2, -0.15) is 0 Å². The molecular formula is C9H16O3. The molecule has 0 radical (unpaired) electrons. The minimum absolute atomic E-state index is 0.0289. The van der Waals surface area contributed by atoms with Crippen molar-refractivity contribution in [2.75, 3.05) is 0 Å². The molecule has 1 fully saturated rings. The zero-order chi connectivity index (χ0) is 9.19. The number of hydrogen-bond donors (Lipinski definition) is 0. The van der Waals surface area contributed by atoms with Crippen LogP contribution in [0.1, 0.15) is 33.6 Å². The highest BCUT2D eigenvalue weighted by Gasteiger charge is 2.32. The maximum Gasteiger partial charge on any atom is 0.163 e. The Morgan fingerprint density at radius 2 is 2.17 bits per heavy atom. The fraction of sp³-hybridized carbons (Fsp3) is 0.889. The van der Waals surface area contributed by atoms with E-state index in [-0.39, 0.29) is 12.2 Å². The van der Waals surface area contributed by atoms with Crippen molar-refractivity contribution in [1.82, 2.24) is 0 Å². The Bertz CT molecular complexity index is 165. The molecule has 3 heteroatoms. The van der Waals surface area contributed by atoms with Crippen molar-refractivity contribution in [2.45, 2.75) is 51.6 Å². The molecule has 0 aliphatic carbocycles. The normalized spacial score (nSPS) is 34.6. The zero-order valence-electron chi connectivity index (χ0n) is 7.87. The summed E-state index contributed by atoms with van der Waals surface area (Å²) in [4.78, 5) is 10.3. The van der Waals surface area contributed by atoms with Gasteiger partial charge in [0.1, 0.15) is 6.29 Å². The lowest BCUT2D eigenvalue weighted by molar-refractivity contribution is -0.295. The van der Waals surface area contributed by atoms with Gasteiger partial charge >= 0.3 is 0 Å². The van der Waals surface area contributed by atoms with Crippen LogP contribution in [0.2, 0.25) is 0 Å². The summed E-state index contributed by atoms with van der Waals surface area (Å²) in [6, 6.07) is 0. The third kappa shape index (κ3) is 2.57. The summed E-state index contributed by atoms with van der Waals surface area (Å²) < 4.78 is 11.0. The highest BCUT2D eigenvalue weighted by atomic mass is 16.7. The first-order chi connectivity index (χ1) is 5.53. The van der Waals surface area contributed by atoms with Crippen LogP contribution in [0.15, 0.2) is 0 Å². The molecule has 70 valence electrons. The third-order valence-corrected chi connectivity index (χ3v) is 1.89. The Hall–Kier alpha value is -0.410. The smallest absolute Gasteiger partial charge is 0.163 e. The topological polar surface area (TPSA) is 35.5 Å². The Labute approximate surface area is 73.0 Å². The molecule has 12 heavy (non-hydrogen) atoms. The molecule has 0 N–H and O–H groups in total. The van der Waals surface area contributed by atoms with Crippen LogP contribution in [0, 0.1) is 0 Å². The Morgan fingerprint density at radius 3 is 2.67 bits per heavy atom. The Morgan fingerprint density at radius 1 is 1.50 bits per heavy atom. The molecule has 1 saturated heterocycles. The van der Waals surface area contributed by atoms with Crippen LogP contribution in [0.25, 0.3) is 0 Å². The largest absolute Gasteiger partial charge is 0.347 e. The van der Waals surface area contributed by atoms with Crippen LogP contribution in [0.3, 0.4) is 0 Å². The number of carbonyl (C=O) groups excluding carboxylic acids is 1. The van der Waals surface area contributed by atoms with E-state index in [0.717, 1.165) is 12.7 Å². The maximum absolute atomic E-state index is 10.3. The second kappa shape index (κ2) is 3.54. The predicted octanol–water partition coefficient (Wildman–Crippen LogP) is 1.51. The highest BCUT2D eigenvalue weighted by molar-refractivity contribution is 5.50. The molecule has 0 spiro atoms. The van der Waals surface area contributed by atoms with Crippen LogP contribution in [-0.4, -0.2) is 24.3 Å². The van der Waals surface area contributed by atoms with Gasteiger partial charge in [0.25, 0.3) is 0 Å². The van der Waals surface area contributed by atoms with Gasteiger partial charge in [-0.25, -0.2) is 0 Å². The van der Waals surface area contributed by atoms with Gasteiger partial charge in [0.05, 0.1) is 12.2 Å². The summed E-state index contributed by atoms with van der Waals surface area (Å²) in [5.74, 6) is -0.536. The van der Waals surface area contributed by atoms with Crippen molar-refractivity contribution in [3.8, 4) is 0 Å². The van der Waals surface area contributed by atoms with Crippen molar-refractivity contribution in [1.29, 1.82) is 0 Å². The van der Waals surface area contributed by atoms with Gasteiger partial charge in [-0.15, -0.1) is 0 Å². The number of carbonyl (C=O) groups is 1. The average Bonchev–Trinajstić information content (AvgIpc) is 1.82. The minimum atomic E-state index is -0.536. The van der Waals surface area contributed by atoms with Gasteiger partial charge in [0, 0.05) is 12.8 Å². The summed E-state index contributed by atoms with van der Waals surface area (Å²) in [5.41, 5.74) is 0. The third-order valence-electron chi connectivity index (χ3n) is 1.89. The fourth-order valence-corrected chi connectivity index (χ4v) is 1.63. The number of hydrogen-bond acceptors (Lipinski definition) is 3. The van der Waals surface area contributed by atoms with Crippen molar-refractivity contribution in [3.63, 3.8) is 0 Å². The molecule has 0 amide bonds. The summed E-state index contributed by atoms with van der Waals surface area (Å²) in [7, 11) is 0. The second-order valence-corrected chi connectivity index (χ2v) is 3.71. The van der Waals surface area contributed by atoms with Gasteiger partial charge < -0.3 is 14.3 Å². The Balaban J connectivity index is 2.51. The van der Waals surface area contributed by atoms with E-state index in [1.165, 1.54) is 0 Å². The lowest BCUT2D eigenvalue weighted by atomic mass is 10.1. The minimum Gasteiger partial charge on any atom is -0.347 e. The summed E-state index contributed by atoms with van der Waals surface area (Å²) >= 11 is 0. The van der Waals surface area contributed by atoms with Crippen molar-refractivity contribution < 1.29 is 14.3 Å². The molecule has 1 aliphatic rings. The molecular weight excluding hydrogens is 156 g/mol. The molecule has 0 aromatic carbocycles. The molecule has 0 saturated carbocycles. The first-order valence-corrected chi connectivity index (χ1v) is 4.33. The lowest BCUT2D eigenvalue weighted by Crippen LogP contribution is -2.43. The molecule has 1 rings (SSSR count). The molecule has 2 atom stereocenters. The van der Waals surface area contributed by atoms with E-state index in [0.29, 0.717) is 6.42 Å². The van der Waals surface area contributed by atoms with E-state index in [9.17, 15) is 4.79 Å². The zero-order valence-corrected chi connectivity index (χ0v) is 7.87. The van der Waals surface area contributed by atoms with Crippen LogP contribution >= 0.6 is 0 Å². The van der Waals surface area contributed by atoms with Gasteiger partial charge in [0.2, 0.25) is 0 Å².